The summed E-state index contributed by atoms with van der Waals surface area (Å²) in [6.45, 7) is -0.490. The molecule has 2 heterocycles. The molecule has 0 aromatic heterocycles. The maximum Gasteiger partial charge on any atom is 0.269 e. The van der Waals surface area contributed by atoms with Crippen molar-refractivity contribution in [2.75, 3.05) is 13.2 Å². The molecule has 2 N–H and O–H groups in total. The van der Waals surface area contributed by atoms with Gasteiger partial charge in [-0.1, -0.05) is 24.3 Å². The SMILES string of the molecule is O=[N+]([O-])c1cccc(C2OC[C@H]3OC(c4cccc([N+](=O)[O-])c4)OC[C@H](O)[C@H](O2)[C@H]3O)c1. The summed E-state index contributed by atoms with van der Waals surface area (Å²) in [5, 5.41) is 43.6. The Morgan fingerprint density at radius 3 is 1.91 bits per heavy atom. The van der Waals surface area contributed by atoms with Crippen LogP contribution >= 0.6 is 0 Å². The number of hydrogen-bond donors (Lipinski definition) is 2. The van der Waals surface area contributed by atoms with E-state index in [1.165, 1.54) is 36.4 Å². The summed E-state index contributed by atoms with van der Waals surface area (Å²) in [4.78, 5) is 21.1. The van der Waals surface area contributed by atoms with E-state index in [4.69, 9.17) is 18.9 Å². The highest BCUT2D eigenvalue weighted by Gasteiger charge is 2.43. The molecule has 2 aliphatic heterocycles. The molecule has 32 heavy (non-hydrogen) atoms. The number of hydrogen-bond acceptors (Lipinski definition) is 10. The number of nitro benzene ring substituents is 2. The number of non-ortho nitro benzene ring substituents is 2. The van der Waals surface area contributed by atoms with Crippen molar-refractivity contribution in [2.45, 2.75) is 37.0 Å². The van der Waals surface area contributed by atoms with Gasteiger partial charge >= 0.3 is 0 Å². The van der Waals surface area contributed by atoms with E-state index in [-0.39, 0.29) is 24.6 Å². The second-order valence-corrected chi connectivity index (χ2v) is 7.37. The summed E-state index contributed by atoms with van der Waals surface area (Å²) in [6.07, 6.45) is -7.00. The highest BCUT2D eigenvalue weighted by atomic mass is 16.7. The van der Waals surface area contributed by atoms with Crippen LogP contribution in [0.2, 0.25) is 0 Å². The van der Waals surface area contributed by atoms with E-state index in [2.05, 4.69) is 0 Å². The van der Waals surface area contributed by atoms with E-state index in [9.17, 15) is 30.4 Å². The fraction of sp³-hybridized carbons (Fsp3) is 0.400. The first kappa shape index (κ1) is 22.2. The Kier molecular flexibility index (Phi) is 6.41. The van der Waals surface area contributed by atoms with Crippen LogP contribution in [0.4, 0.5) is 11.4 Å². The normalized spacial score (nSPS) is 30.6. The lowest BCUT2D eigenvalue weighted by atomic mass is 10.0. The van der Waals surface area contributed by atoms with Crippen molar-refractivity contribution < 1.29 is 39.0 Å². The Labute approximate surface area is 181 Å². The minimum absolute atomic E-state index is 0.164. The summed E-state index contributed by atoms with van der Waals surface area (Å²) in [5.41, 5.74) is 0.335. The van der Waals surface area contributed by atoms with E-state index in [0.717, 1.165) is 0 Å². The molecule has 2 aromatic carbocycles. The molecule has 2 fully saturated rings. The van der Waals surface area contributed by atoms with E-state index in [1.807, 2.05) is 0 Å². The standard InChI is InChI=1S/C20H20N2O10/c23-15-9-29-19(11-3-1-5-13(7-11)21(25)26)31-16-10-30-20(32-18(15)17(16)24)12-4-2-6-14(8-12)22(27)28/h1-8,15-20,23-24H,9-10H2/t15-,16+,17-,18-,19?,20?/m0/s1. The minimum atomic E-state index is -1.32. The summed E-state index contributed by atoms with van der Waals surface area (Å²) in [5.74, 6) is 0. The third kappa shape index (κ3) is 4.60. The van der Waals surface area contributed by atoms with Crippen LogP contribution < -0.4 is 0 Å². The fourth-order valence-corrected chi connectivity index (χ4v) is 3.59. The molecule has 2 aliphatic rings. The number of benzene rings is 2. The molecule has 2 aromatic rings. The van der Waals surface area contributed by atoms with Crippen LogP contribution in [-0.2, 0) is 18.9 Å². The van der Waals surface area contributed by atoms with Crippen LogP contribution in [0.5, 0.6) is 0 Å². The Balaban J connectivity index is 1.59. The van der Waals surface area contributed by atoms with Gasteiger partial charge in [0.2, 0.25) is 0 Å². The first-order valence-corrected chi connectivity index (χ1v) is 9.72. The highest BCUT2D eigenvalue weighted by molar-refractivity contribution is 5.35. The van der Waals surface area contributed by atoms with Crippen molar-refractivity contribution in [1.29, 1.82) is 0 Å². The highest BCUT2D eigenvalue weighted by Crippen LogP contribution is 2.35. The van der Waals surface area contributed by atoms with Crippen LogP contribution in [-0.4, -0.2) is 57.7 Å². The largest absolute Gasteiger partial charge is 0.388 e. The third-order valence-corrected chi connectivity index (χ3v) is 5.21. The second kappa shape index (κ2) is 9.24. The third-order valence-electron chi connectivity index (χ3n) is 5.21. The average molecular weight is 448 g/mol. The molecule has 2 unspecified atom stereocenters. The smallest absolute Gasteiger partial charge is 0.269 e. The molecule has 6 atom stereocenters. The predicted molar refractivity (Wildman–Crippen MR) is 105 cm³/mol. The van der Waals surface area contributed by atoms with Crippen molar-refractivity contribution in [3.63, 3.8) is 0 Å². The van der Waals surface area contributed by atoms with Gasteiger partial charge in [0.1, 0.15) is 24.4 Å². The van der Waals surface area contributed by atoms with Crippen molar-refractivity contribution >= 4 is 11.4 Å². The van der Waals surface area contributed by atoms with Crippen molar-refractivity contribution in [1.82, 2.24) is 0 Å². The number of aliphatic hydroxyl groups is 2. The Morgan fingerprint density at radius 2 is 1.34 bits per heavy atom. The maximum atomic E-state index is 11.1. The molecule has 12 heteroatoms. The Bertz CT molecular complexity index is 946. The fourth-order valence-electron chi connectivity index (χ4n) is 3.59. The van der Waals surface area contributed by atoms with Gasteiger partial charge in [-0.2, -0.15) is 0 Å². The number of rotatable bonds is 4. The van der Waals surface area contributed by atoms with Gasteiger partial charge < -0.3 is 29.2 Å². The van der Waals surface area contributed by atoms with Gasteiger partial charge in [-0.3, -0.25) is 20.2 Å². The molecule has 4 rings (SSSR count). The topological polar surface area (TPSA) is 164 Å². The van der Waals surface area contributed by atoms with E-state index in [1.54, 1.807) is 12.1 Å². The van der Waals surface area contributed by atoms with Crippen LogP contribution in [0, 0.1) is 20.2 Å². The predicted octanol–water partition coefficient (Wildman–Crippen LogP) is 1.75. The zero-order valence-electron chi connectivity index (χ0n) is 16.6. The van der Waals surface area contributed by atoms with Gasteiger partial charge in [-0.15, -0.1) is 0 Å². The van der Waals surface area contributed by atoms with Crippen LogP contribution in [0.25, 0.3) is 0 Å². The first-order valence-electron chi connectivity index (χ1n) is 9.72. The molecule has 0 aliphatic carbocycles. The summed E-state index contributed by atoms with van der Waals surface area (Å²) < 4.78 is 22.9. The van der Waals surface area contributed by atoms with E-state index < -0.39 is 46.8 Å². The molecule has 12 nitrogen and oxygen atoms in total. The molecule has 2 bridgehead atoms. The summed E-state index contributed by atoms with van der Waals surface area (Å²) in [6, 6.07) is 11.3. The molecular formula is C20H20N2O10. The first-order chi connectivity index (χ1) is 15.3. The number of aliphatic hydroxyl groups excluding tert-OH is 2. The lowest BCUT2D eigenvalue weighted by molar-refractivity contribution is -0.385. The van der Waals surface area contributed by atoms with Gasteiger partial charge in [0, 0.05) is 35.4 Å². The van der Waals surface area contributed by atoms with Gasteiger partial charge in [-0.25, -0.2) is 0 Å². The molecule has 170 valence electrons. The number of fused-ring (bicyclic) bond motifs is 2. The molecule has 0 spiro atoms. The number of nitro groups is 2. The molecule has 0 radical (unpaired) electrons. The minimum Gasteiger partial charge on any atom is -0.388 e. The monoisotopic (exact) mass is 448 g/mol. The average Bonchev–Trinajstić information content (AvgIpc) is 2.96. The van der Waals surface area contributed by atoms with E-state index in [0.29, 0.717) is 11.1 Å². The van der Waals surface area contributed by atoms with Crippen LogP contribution in [0.3, 0.4) is 0 Å². The van der Waals surface area contributed by atoms with Crippen molar-refractivity contribution in [2.24, 2.45) is 0 Å². The van der Waals surface area contributed by atoms with Crippen molar-refractivity contribution in [3.05, 3.63) is 79.9 Å². The van der Waals surface area contributed by atoms with Gasteiger partial charge in [0.25, 0.3) is 11.4 Å². The lowest BCUT2D eigenvalue weighted by Crippen LogP contribution is -2.50. The quantitative estimate of drug-likeness (QED) is 0.520. The van der Waals surface area contributed by atoms with Gasteiger partial charge in [0.05, 0.1) is 23.1 Å². The van der Waals surface area contributed by atoms with Crippen LogP contribution in [0.1, 0.15) is 23.7 Å². The van der Waals surface area contributed by atoms with Crippen molar-refractivity contribution in [3.8, 4) is 0 Å². The molecule has 0 saturated carbocycles. The molecule has 0 amide bonds. The second-order valence-electron chi connectivity index (χ2n) is 7.37. The Hall–Kier alpha value is -3.00. The zero-order valence-corrected chi connectivity index (χ0v) is 16.6. The number of ether oxygens (including phenoxy) is 4. The lowest BCUT2D eigenvalue weighted by Gasteiger charge is -2.35. The summed E-state index contributed by atoms with van der Waals surface area (Å²) >= 11 is 0. The van der Waals surface area contributed by atoms with Crippen LogP contribution in [0.15, 0.2) is 48.5 Å². The Morgan fingerprint density at radius 1 is 0.812 bits per heavy atom. The maximum absolute atomic E-state index is 11.1. The van der Waals surface area contributed by atoms with Gasteiger partial charge in [-0.05, 0) is 0 Å². The molecule has 2 saturated heterocycles. The van der Waals surface area contributed by atoms with E-state index >= 15 is 0 Å². The molecular weight excluding hydrogens is 428 g/mol. The number of nitrogens with zero attached hydrogens (tertiary/aromatic N) is 2. The zero-order chi connectivity index (χ0) is 22.8. The van der Waals surface area contributed by atoms with Gasteiger partial charge in [0.15, 0.2) is 12.6 Å². The summed E-state index contributed by atoms with van der Waals surface area (Å²) in [7, 11) is 0.